The van der Waals surface area contributed by atoms with Gasteiger partial charge in [-0.3, -0.25) is 9.36 Å². The first-order valence-corrected chi connectivity index (χ1v) is 7.30. The van der Waals surface area contributed by atoms with Gasteiger partial charge in [-0.25, -0.2) is 0 Å². The average molecular weight is 300 g/mol. The van der Waals surface area contributed by atoms with E-state index in [1.165, 1.54) is 0 Å². The van der Waals surface area contributed by atoms with Gasteiger partial charge in [-0.1, -0.05) is 49.4 Å². The zero-order valence-electron chi connectivity index (χ0n) is 12.3. The van der Waals surface area contributed by atoms with Gasteiger partial charge < -0.3 is 0 Å². The van der Waals surface area contributed by atoms with Gasteiger partial charge in [-0.2, -0.15) is 0 Å². The maximum atomic E-state index is 12.9. The Morgan fingerprint density at radius 1 is 1.43 bits per heavy atom. The van der Waals surface area contributed by atoms with E-state index in [1.54, 1.807) is 16.7 Å². The molecule has 2 nitrogen and oxygen atoms in total. The first-order chi connectivity index (χ1) is 10.1. The van der Waals surface area contributed by atoms with Crippen LogP contribution in [0.4, 0.5) is 0 Å². The SMILES string of the molecule is C=C/C=C(\C=C/C)n1c(CC)cc2cccc(Cl)c2c1=O. The summed E-state index contributed by atoms with van der Waals surface area (Å²) < 4.78 is 1.70. The van der Waals surface area contributed by atoms with Crippen LogP contribution in [0.15, 0.2) is 59.9 Å². The molecule has 108 valence electrons. The van der Waals surface area contributed by atoms with Crippen molar-refractivity contribution in [3.8, 4) is 0 Å². The fourth-order valence-corrected chi connectivity index (χ4v) is 2.68. The third kappa shape index (κ3) is 2.86. The van der Waals surface area contributed by atoms with E-state index in [9.17, 15) is 4.79 Å². The van der Waals surface area contributed by atoms with Crippen molar-refractivity contribution in [3.63, 3.8) is 0 Å². The molecule has 0 aliphatic rings. The molecule has 1 aromatic carbocycles. The Kier molecular flexibility index (Phi) is 4.81. The third-order valence-electron chi connectivity index (χ3n) is 3.32. The molecule has 3 heteroatoms. The molecular formula is C18H18ClNO. The molecular weight excluding hydrogens is 282 g/mol. The minimum absolute atomic E-state index is 0.0962. The number of rotatable bonds is 4. The number of fused-ring (bicyclic) bond motifs is 1. The fraction of sp³-hybridized carbons (Fsp3) is 0.167. The monoisotopic (exact) mass is 299 g/mol. The Labute approximate surface area is 129 Å². The molecule has 21 heavy (non-hydrogen) atoms. The Hall–Kier alpha value is -2.06. The lowest BCUT2D eigenvalue weighted by Crippen LogP contribution is -2.22. The van der Waals surface area contributed by atoms with E-state index in [4.69, 9.17) is 11.6 Å². The molecule has 0 unspecified atom stereocenters. The zero-order valence-corrected chi connectivity index (χ0v) is 13.0. The Morgan fingerprint density at radius 2 is 2.19 bits per heavy atom. The van der Waals surface area contributed by atoms with Crippen LogP contribution in [0, 0.1) is 0 Å². The van der Waals surface area contributed by atoms with Gasteiger partial charge in [0.15, 0.2) is 0 Å². The van der Waals surface area contributed by atoms with E-state index >= 15 is 0 Å². The van der Waals surface area contributed by atoms with Gasteiger partial charge in [-0.05, 0) is 43.0 Å². The second-order valence-corrected chi connectivity index (χ2v) is 5.07. The third-order valence-corrected chi connectivity index (χ3v) is 3.63. The number of nitrogens with zero attached hydrogens (tertiary/aromatic N) is 1. The summed E-state index contributed by atoms with van der Waals surface area (Å²) in [5.74, 6) is 0. The van der Waals surface area contributed by atoms with E-state index in [1.807, 2.05) is 50.3 Å². The highest BCUT2D eigenvalue weighted by Crippen LogP contribution is 2.23. The molecule has 0 aliphatic carbocycles. The van der Waals surface area contributed by atoms with E-state index in [0.717, 1.165) is 23.2 Å². The van der Waals surface area contributed by atoms with Crippen LogP contribution in [0.1, 0.15) is 19.5 Å². The smallest absolute Gasteiger partial charge is 0.264 e. The van der Waals surface area contributed by atoms with Crippen molar-refractivity contribution >= 4 is 28.1 Å². The molecule has 0 amide bonds. The van der Waals surface area contributed by atoms with Gasteiger partial charge in [0, 0.05) is 11.4 Å². The second-order valence-electron chi connectivity index (χ2n) is 4.66. The Morgan fingerprint density at radius 3 is 2.81 bits per heavy atom. The van der Waals surface area contributed by atoms with Crippen molar-refractivity contribution in [2.45, 2.75) is 20.3 Å². The number of benzene rings is 1. The van der Waals surface area contributed by atoms with Crippen LogP contribution < -0.4 is 5.56 Å². The molecule has 0 saturated heterocycles. The zero-order chi connectivity index (χ0) is 15.4. The number of hydrogen-bond donors (Lipinski definition) is 0. The van der Waals surface area contributed by atoms with Gasteiger partial charge in [0.1, 0.15) is 0 Å². The summed E-state index contributed by atoms with van der Waals surface area (Å²) in [5.41, 5.74) is 1.64. The van der Waals surface area contributed by atoms with E-state index in [2.05, 4.69) is 6.58 Å². The van der Waals surface area contributed by atoms with Crippen molar-refractivity contribution in [3.05, 3.63) is 76.2 Å². The van der Waals surface area contributed by atoms with Crippen LogP contribution in [0.2, 0.25) is 5.02 Å². The van der Waals surface area contributed by atoms with Crippen LogP contribution in [-0.2, 0) is 6.42 Å². The van der Waals surface area contributed by atoms with Crippen molar-refractivity contribution in [2.75, 3.05) is 0 Å². The number of pyridine rings is 1. The summed E-state index contributed by atoms with van der Waals surface area (Å²) in [6.07, 6.45) is 8.05. The maximum absolute atomic E-state index is 12.9. The second kappa shape index (κ2) is 6.59. The van der Waals surface area contributed by atoms with Gasteiger partial charge in [0.05, 0.1) is 10.4 Å². The summed E-state index contributed by atoms with van der Waals surface area (Å²) in [6.45, 7) is 7.67. The highest BCUT2D eigenvalue weighted by Gasteiger charge is 2.12. The minimum Gasteiger partial charge on any atom is -0.281 e. The van der Waals surface area contributed by atoms with Crippen LogP contribution in [-0.4, -0.2) is 4.57 Å². The highest BCUT2D eigenvalue weighted by atomic mass is 35.5. The van der Waals surface area contributed by atoms with E-state index < -0.39 is 0 Å². The quantitative estimate of drug-likeness (QED) is 0.742. The topological polar surface area (TPSA) is 22.0 Å². The lowest BCUT2D eigenvalue weighted by molar-refractivity contribution is 0.912. The van der Waals surface area contributed by atoms with Crippen LogP contribution in [0.25, 0.3) is 16.5 Å². The lowest BCUT2D eigenvalue weighted by atomic mass is 10.1. The molecule has 0 atom stereocenters. The largest absolute Gasteiger partial charge is 0.281 e. The highest BCUT2D eigenvalue weighted by molar-refractivity contribution is 6.35. The first kappa shape index (κ1) is 15.3. The number of allylic oxidation sites excluding steroid dienone is 5. The van der Waals surface area contributed by atoms with Gasteiger partial charge in [0.2, 0.25) is 0 Å². The van der Waals surface area contributed by atoms with Crippen LogP contribution >= 0.6 is 11.6 Å². The summed E-state index contributed by atoms with van der Waals surface area (Å²) in [6, 6.07) is 7.54. The predicted molar refractivity (Wildman–Crippen MR) is 91.9 cm³/mol. The molecule has 2 aromatic rings. The lowest BCUT2D eigenvalue weighted by Gasteiger charge is -2.14. The maximum Gasteiger partial charge on any atom is 0.264 e. The molecule has 0 spiro atoms. The number of hydrogen-bond acceptors (Lipinski definition) is 1. The minimum atomic E-state index is -0.0962. The van der Waals surface area contributed by atoms with Crippen LogP contribution in [0.3, 0.4) is 0 Å². The first-order valence-electron chi connectivity index (χ1n) is 6.93. The summed E-state index contributed by atoms with van der Waals surface area (Å²) in [7, 11) is 0. The normalized spacial score (nSPS) is 12.2. The fourth-order valence-electron chi connectivity index (χ4n) is 2.41. The molecule has 0 bridgehead atoms. The Bertz CT molecular complexity index is 797. The van der Waals surface area contributed by atoms with E-state index in [-0.39, 0.29) is 5.56 Å². The molecule has 0 N–H and O–H groups in total. The average Bonchev–Trinajstić information content (AvgIpc) is 2.46. The number of halogens is 1. The predicted octanol–water partition coefficient (Wildman–Crippen LogP) is 4.82. The van der Waals surface area contributed by atoms with Crippen molar-refractivity contribution in [2.24, 2.45) is 0 Å². The summed E-state index contributed by atoms with van der Waals surface area (Å²) >= 11 is 6.22. The molecule has 1 aromatic heterocycles. The van der Waals surface area contributed by atoms with E-state index in [0.29, 0.717) is 10.4 Å². The molecule has 0 fully saturated rings. The molecule has 0 radical (unpaired) electrons. The Balaban J connectivity index is 2.93. The summed E-state index contributed by atoms with van der Waals surface area (Å²) in [4.78, 5) is 12.9. The molecule has 2 rings (SSSR count). The van der Waals surface area contributed by atoms with Gasteiger partial charge in [0.25, 0.3) is 5.56 Å². The summed E-state index contributed by atoms with van der Waals surface area (Å²) in [5, 5.41) is 1.90. The van der Waals surface area contributed by atoms with Gasteiger partial charge in [-0.15, -0.1) is 0 Å². The molecule has 1 heterocycles. The molecule has 0 saturated carbocycles. The number of aromatic nitrogens is 1. The van der Waals surface area contributed by atoms with Crippen LogP contribution in [0.5, 0.6) is 0 Å². The number of aryl methyl sites for hydroxylation is 1. The van der Waals surface area contributed by atoms with Crippen molar-refractivity contribution < 1.29 is 0 Å². The standard InChI is InChI=1S/C18H18ClNO/c1-4-8-15(9-5-2)20-14(6-3)12-13-10-7-11-16(19)17(13)18(20)21/h4-5,7-12H,1,6H2,2-3H3/b9-5-,15-8+. The van der Waals surface area contributed by atoms with Crippen molar-refractivity contribution in [1.82, 2.24) is 4.57 Å². The van der Waals surface area contributed by atoms with Crippen molar-refractivity contribution in [1.29, 1.82) is 0 Å². The van der Waals surface area contributed by atoms with Gasteiger partial charge >= 0.3 is 0 Å². The molecule has 0 aliphatic heterocycles.